The summed E-state index contributed by atoms with van der Waals surface area (Å²) in [6.45, 7) is 1.75. The summed E-state index contributed by atoms with van der Waals surface area (Å²) in [6, 6.07) is -1.51. The van der Waals surface area contributed by atoms with E-state index in [1.54, 1.807) is 6.92 Å². The van der Waals surface area contributed by atoms with Gasteiger partial charge in [0.1, 0.15) is 6.04 Å². The molecule has 0 aliphatic heterocycles. The van der Waals surface area contributed by atoms with E-state index in [0.717, 1.165) is 0 Å². The lowest BCUT2D eigenvalue weighted by molar-refractivity contribution is -0.139. The molecule has 0 heterocycles. The number of hydrogen-bond donors (Lipinski definition) is 2. The van der Waals surface area contributed by atoms with Crippen molar-refractivity contribution < 1.29 is 31.5 Å². The number of sulfonamides is 1. The van der Waals surface area contributed by atoms with Crippen LogP contribution in [0.15, 0.2) is 0 Å². The SMILES string of the molecule is CCCC[C@H](NS(=O)(=O)CC(F)(F)F)C(=O)O. The Morgan fingerprint density at radius 1 is 1.41 bits per heavy atom. The molecular formula is C8H14F3NO4S. The molecule has 5 nitrogen and oxygen atoms in total. The number of hydrogen-bond acceptors (Lipinski definition) is 3. The van der Waals surface area contributed by atoms with Crippen molar-refractivity contribution in [2.75, 3.05) is 5.75 Å². The number of alkyl halides is 3. The Hall–Kier alpha value is -0.830. The van der Waals surface area contributed by atoms with Gasteiger partial charge in [-0.3, -0.25) is 4.79 Å². The average Bonchev–Trinajstić information content (AvgIpc) is 2.07. The zero-order valence-electron chi connectivity index (χ0n) is 9.12. The highest BCUT2D eigenvalue weighted by molar-refractivity contribution is 7.89. The summed E-state index contributed by atoms with van der Waals surface area (Å²) < 4.78 is 59.3. The van der Waals surface area contributed by atoms with Gasteiger partial charge in [0.05, 0.1) is 0 Å². The van der Waals surface area contributed by atoms with Gasteiger partial charge in [-0.1, -0.05) is 19.8 Å². The summed E-state index contributed by atoms with van der Waals surface area (Å²) in [5.74, 6) is -3.56. The fourth-order valence-corrected chi connectivity index (χ4v) is 2.28. The molecule has 0 rings (SSSR count). The number of nitrogens with one attached hydrogen (secondary N) is 1. The van der Waals surface area contributed by atoms with Crippen molar-refractivity contribution >= 4 is 16.0 Å². The minimum absolute atomic E-state index is 0.0388. The molecule has 1 atom stereocenters. The van der Waals surface area contributed by atoms with Crippen LogP contribution < -0.4 is 4.72 Å². The first kappa shape index (κ1) is 16.2. The van der Waals surface area contributed by atoms with Crippen molar-refractivity contribution in [3.63, 3.8) is 0 Å². The molecule has 9 heteroatoms. The summed E-state index contributed by atoms with van der Waals surface area (Å²) in [5.41, 5.74) is 0. The van der Waals surface area contributed by atoms with Crippen LogP contribution in [0.4, 0.5) is 13.2 Å². The molecule has 0 amide bonds. The highest BCUT2D eigenvalue weighted by Gasteiger charge is 2.37. The molecule has 0 aromatic heterocycles. The number of rotatable bonds is 7. The number of unbranched alkanes of at least 4 members (excludes halogenated alkanes) is 1. The Morgan fingerprint density at radius 2 is 1.94 bits per heavy atom. The van der Waals surface area contributed by atoms with Gasteiger partial charge in [0.15, 0.2) is 5.75 Å². The first-order valence-electron chi connectivity index (χ1n) is 4.87. The molecule has 0 bridgehead atoms. The van der Waals surface area contributed by atoms with Crippen molar-refractivity contribution in [2.45, 2.75) is 38.4 Å². The van der Waals surface area contributed by atoms with E-state index in [1.165, 1.54) is 4.72 Å². The van der Waals surface area contributed by atoms with Crippen molar-refractivity contribution in [1.29, 1.82) is 0 Å². The second kappa shape index (κ2) is 6.20. The van der Waals surface area contributed by atoms with E-state index in [-0.39, 0.29) is 6.42 Å². The summed E-state index contributed by atoms with van der Waals surface area (Å²) in [4.78, 5) is 10.6. The lowest BCUT2D eigenvalue weighted by atomic mass is 10.1. The van der Waals surface area contributed by atoms with E-state index in [4.69, 9.17) is 5.11 Å². The molecule has 0 aliphatic carbocycles. The third-order valence-electron chi connectivity index (χ3n) is 1.82. The lowest BCUT2D eigenvalue weighted by Crippen LogP contribution is -2.44. The van der Waals surface area contributed by atoms with Crippen LogP contribution in [0.2, 0.25) is 0 Å². The van der Waals surface area contributed by atoms with Crippen molar-refractivity contribution in [1.82, 2.24) is 4.72 Å². The molecule has 0 radical (unpaired) electrons. The van der Waals surface area contributed by atoms with Gasteiger partial charge in [-0.15, -0.1) is 0 Å². The fraction of sp³-hybridized carbons (Fsp3) is 0.875. The van der Waals surface area contributed by atoms with E-state index in [2.05, 4.69) is 0 Å². The van der Waals surface area contributed by atoms with Crippen molar-refractivity contribution in [3.8, 4) is 0 Å². The first-order chi connectivity index (χ1) is 7.57. The van der Waals surface area contributed by atoms with Crippen LogP contribution in [0, 0.1) is 0 Å². The lowest BCUT2D eigenvalue weighted by Gasteiger charge is -2.15. The molecule has 0 aliphatic rings. The summed E-state index contributed by atoms with van der Waals surface area (Å²) in [6.07, 6.45) is -3.90. The Bertz CT molecular complexity index is 352. The van der Waals surface area contributed by atoms with E-state index >= 15 is 0 Å². The van der Waals surface area contributed by atoms with Gasteiger partial charge in [-0.25, -0.2) is 13.1 Å². The number of carboxylic acid groups (broad SMARTS) is 1. The van der Waals surface area contributed by atoms with Crippen molar-refractivity contribution in [2.24, 2.45) is 0 Å². The Morgan fingerprint density at radius 3 is 2.29 bits per heavy atom. The third kappa shape index (κ3) is 7.97. The molecule has 0 saturated carbocycles. The van der Waals surface area contributed by atoms with Crippen LogP contribution in [0.5, 0.6) is 0 Å². The molecule has 0 aromatic rings. The molecular weight excluding hydrogens is 263 g/mol. The Balaban J connectivity index is 4.59. The highest BCUT2D eigenvalue weighted by atomic mass is 32.2. The van der Waals surface area contributed by atoms with E-state index in [0.29, 0.717) is 12.8 Å². The topological polar surface area (TPSA) is 83.5 Å². The van der Waals surface area contributed by atoms with Gasteiger partial charge >= 0.3 is 12.1 Å². The number of aliphatic carboxylic acids is 1. The Labute approximate surface area is 97.1 Å². The van der Waals surface area contributed by atoms with Gasteiger partial charge in [0.25, 0.3) is 0 Å². The molecule has 102 valence electrons. The van der Waals surface area contributed by atoms with Crippen LogP contribution in [0.1, 0.15) is 26.2 Å². The smallest absolute Gasteiger partial charge is 0.404 e. The second-order valence-corrected chi connectivity index (χ2v) is 5.28. The minimum Gasteiger partial charge on any atom is -0.480 e. The van der Waals surface area contributed by atoms with Crippen LogP contribution in [-0.4, -0.2) is 37.5 Å². The Kier molecular flexibility index (Phi) is 5.89. The number of carbonyl (C=O) groups is 1. The van der Waals surface area contributed by atoms with E-state index < -0.39 is 34.0 Å². The van der Waals surface area contributed by atoms with Crippen LogP contribution in [0.3, 0.4) is 0 Å². The maximum atomic E-state index is 11.9. The van der Waals surface area contributed by atoms with E-state index in [1.807, 2.05) is 0 Å². The zero-order valence-corrected chi connectivity index (χ0v) is 9.94. The maximum Gasteiger partial charge on any atom is 0.404 e. The van der Waals surface area contributed by atoms with Gasteiger partial charge < -0.3 is 5.11 Å². The largest absolute Gasteiger partial charge is 0.480 e. The molecule has 2 N–H and O–H groups in total. The monoisotopic (exact) mass is 277 g/mol. The highest BCUT2D eigenvalue weighted by Crippen LogP contribution is 2.17. The quantitative estimate of drug-likeness (QED) is 0.730. The molecule has 0 spiro atoms. The molecule has 0 aromatic carbocycles. The molecule has 0 fully saturated rings. The van der Waals surface area contributed by atoms with Crippen LogP contribution in [-0.2, 0) is 14.8 Å². The molecule has 0 saturated heterocycles. The average molecular weight is 277 g/mol. The van der Waals surface area contributed by atoms with E-state index in [9.17, 15) is 26.4 Å². The normalized spacial score (nSPS) is 14.6. The predicted octanol–water partition coefficient (Wildman–Crippen LogP) is 1.11. The van der Waals surface area contributed by atoms with Gasteiger partial charge in [-0.2, -0.15) is 13.2 Å². The van der Waals surface area contributed by atoms with Gasteiger partial charge in [0, 0.05) is 0 Å². The number of halogens is 3. The standard InChI is InChI=1S/C8H14F3NO4S/c1-2-3-4-6(7(13)14)12-17(15,16)5-8(9,10)11/h6,12H,2-5H2,1H3,(H,13,14)/t6-/m0/s1. The second-order valence-electron chi connectivity index (χ2n) is 3.53. The molecule has 0 unspecified atom stereocenters. The van der Waals surface area contributed by atoms with Crippen molar-refractivity contribution in [3.05, 3.63) is 0 Å². The first-order valence-corrected chi connectivity index (χ1v) is 6.52. The van der Waals surface area contributed by atoms with Crippen LogP contribution >= 0.6 is 0 Å². The zero-order chi connectivity index (χ0) is 13.7. The van der Waals surface area contributed by atoms with Gasteiger partial charge in [-0.05, 0) is 6.42 Å². The summed E-state index contributed by atoms with van der Waals surface area (Å²) in [5, 5.41) is 8.65. The maximum absolute atomic E-state index is 11.9. The molecule has 17 heavy (non-hydrogen) atoms. The fourth-order valence-electron chi connectivity index (χ4n) is 1.11. The summed E-state index contributed by atoms with van der Waals surface area (Å²) in [7, 11) is -4.67. The third-order valence-corrected chi connectivity index (χ3v) is 3.17. The number of carboxylic acids is 1. The minimum atomic E-state index is -4.89. The van der Waals surface area contributed by atoms with Crippen LogP contribution in [0.25, 0.3) is 0 Å². The van der Waals surface area contributed by atoms with Gasteiger partial charge in [0.2, 0.25) is 10.0 Å². The predicted molar refractivity (Wildman–Crippen MR) is 53.9 cm³/mol. The summed E-state index contributed by atoms with van der Waals surface area (Å²) >= 11 is 0.